The molecule has 2 aliphatic rings. The van der Waals surface area contributed by atoms with Crippen molar-refractivity contribution in [3.8, 4) is 5.75 Å². The molecule has 31 heavy (non-hydrogen) atoms. The average molecular weight is 475 g/mol. The molecule has 10 heteroatoms. The molecule has 0 radical (unpaired) electrons. The van der Waals surface area contributed by atoms with Crippen molar-refractivity contribution in [1.29, 1.82) is 0 Å². The predicted octanol–water partition coefficient (Wildman–Crippen LogP) is 4.45. The lowest BCUT2D eigenvalue weighted by molar-refractivity contribution is -0.137. The summed E-state index contributed by atoms with van der Waals surface area (Å²) >= 11 is 5.73. The fourth-order valence-electron chi connectivity index (χ4n) is 3.55. The van der Waals surface area contributed by atoms with Gasteiger partial charge in [0.1, 0.15) is 5.75 Å². The second-order valence-electron chi connectivity index (χ2n) is 7.98. The number of hydrogen-bond donors (Lipinski definition) is 1. The molecule has 0 aromatic heterocycles. The third-order valence-electron chi connectivity index (χ3n) is 5.26. The molecule has 4 rings (SSSR count). The molecule has 0 unspecified atom stereocenters. The Bertz CT molecular complexity index is 1040. The smallest absolute Gasteiger partial charge is 0.416 e. The third-order valence-corrected chi connectivity index (χ3v) is 6.98. The Morgan fingerprint density at radius 1 is 1.10 bits per heavy atom. The van der Waals surface area contributed by atoms with Crippen LogP contribution in [0.4, 0.5) is 13.2 Å². The Morgan fingerprint density at radius 2 is 1.81 bits per heavy atom. The van der Waals surface area contributed by atoms with Crippen LogP contribution in [0.15, 0.2) is 47.4 Å². The summed E-state index contributed by atoms with van der Waals surface area (Å²) in [6.07, 6.45) is -1.59. The first-order chi connectivity index (χ1) is 14.6. The predicted molar refractivity (Wildman–Crippen MR) is 111 cm³/mol. The highest BCUT2D eigenvalue weighted by Crippen LogP contribution is 2.33. The molecule has 2 aromatic rings. The van der Waals surface area contributed by atoms with E-state index >= 15 is 0 Å². The summed E-state index contributed by atoms with van der Waals surface area (Å²) in [5.41, 5.74) is -0.0150. The number of hydrogen-bond acceptors (Lipinski definition) is 4. The molecule has 1 saturated heterocycles. The third kappa shape index (κ3) is 5.91. The minimum atomic E-state index is -4.68. The monoisotopic (exact) mass is 474 g/mol. The van der Waals surface area contributed by atoms with Crippen LogP contribution >= 0.6 is 11.6 Å². The second kappa shape index (κ2) is 8.61. The fourth-order valence-corrected chi connectivity index (χ4v) is 5.18. The zero-order valence-electron chi connectivity index (χ0n) is 16.5. The molecule has 1 atom stereocenters. The van der Waals surface area contributed by atoms with E-state index in [1.54, 1.807) is 0 Å². The van der Waals surface area contributed by atoms with E-state index in [0.29, 0.717) is 44.3 Å². The summed E-state index contributed by atoms with van der Waals surface area (Å²) in [5, 5.41) is -0.280. The highest BCUT2D eigenvalue weighted by Gasteiger charge is 2.33. The Morgan fingerprint density at radius 3 is 2.45 bits per heavy atom. The Labute approximate surface area is 184 Å². The van der Waals surface area contributed by atoms with Crippen molar-refractivity contribution in [2.24, 2.45) is 0 Å². The van der Waals surface area contributed by atoms with Crippen molar-refractivity contribution in [2.45, 2.75) is 49.0 Å². The van der Waals surface area contributed by atoms with Crippen LogP contribution in [-0.2, 0) is 22.7 Å². The van der Waals surface area contributed by atoms with Gasteiger partial charge in [-0.1, -0.05) is 23.7 Å². The number of nitrogens with one attached hydrogen (secondary N) is 1. The molecule has 1 heterocycles. The Kier molecular flexibility index (Phi) is 6.22. The van der Waals surface area contributed by atoms with Gasteiger partial charge in [-0.2, -0.15) is 13.2 Å². The lowest BCUT2D eigenvalue weighted by Crippen LogP contribution is -2.37. The number of benzene rings is 2. The topological polar surface area (TPSA) is 58.6 Å². The maximum absolute atomic E-state index is 13.0. The van der Waals surface area contributed by atoms with Gasteiger partial charge in [0.05, 0.1) is 16.6 Å². The maximum atomic E-state index is 13.0. The summed E-state index contributed by atoms with van der Waals surface area (Å²) in [6, 6.07) is 9.78. The molecule has 0 amide bonds. The van der Waals surface area contributed by atoms with E-state index in [4.69, 9.17) is 16.3 Å². The van der Waals surface area contributed by atoms with Gasteiger partial charge in [-0.25, -0.2) is 13.1 Å². The standard InChI is InChI=1S/C21H22ClF3N2O3S/c22-16-9-15(21(23,24)25)10-20(11-16)31(28,29)26-17-7-8-27(13-17)12-14-1-3-18(4-2-14)30-19-5-6-19/h1-4,9-11,17,19,26H,5-8,12-13H2/t17-/m1/s1. The second-order valence-corrected chi connectivity index (χ2v) is 10.1. The van der Waals surface area contributed by atoms with E-state index in [2.05, 4.69) is 9.62 Å². The quantitative estimate of drug-likeness (QED) is 0.644. The van der Waals surface area contributed by atoms with Crippen molar-refractivity contribution in [1.82, 2.24) is 9.62 Å². The Hall–Kier alpha value is -1.81. The van der Waals surface area contributed by atoms with Crippen LogP contribution in [0.2, 0.25) is 5.02 Å². The minimum Gasteiger partial charge on any atom is -0.490 e. The van der Waals surface area contributed by atoms with E-state index in [1.807, 2.05) is 24.3 Å². The lowest BCUT2D eigenvalue weighted by Gasteiger charge is -2.18. The molecule has 1 N–H and O–H groups in total. The van der Waals surface area contributed by atoms with Crippen molar-refractivity contribution >= 4 is 21.6 Å². The molecule has 1 aliphatic carbocycles. The first-order valence-electron chi connectivity index (χ1n) is 9.96. The van der Waals surface area contributed by atoms with Crippen LogP contribution in [0.3, 0.4) is 0 Å². The normalized spacial score (nSPS) is 20.2. The highest BCUT2D eigenvalue weighted by atomic mass is 35.5. The largest absolute Gasteiger partial charge is 0.490 e. The van der Waals surface area contributed by atoms with Gasteiger partial charge in [0.25, 0.3) is 0 Å². The zero-order valence-corrected chi connectivity index (χ0v) is 18.1. The van der Waals surface area contributed by atoms with Gasteiger partial charge in [-0.05, 0) is 55.2 Å². The van der Waals surface area contributed by atoms with Crippen molar-refractivity contribution < 1.29 is 26.3 Å². The molecule has 168 valence electrons. The van der Waals surface area contributed by atoms with Gasteiger partial charge >= 0.3 is 6.18 Å². The first-order valence-corrected chi connectivity index (χ1v) is 11.8. The van der Waals surface area contributed by atoms with Crippen LogP contribution in [0.5, 0.6) is 5.75 Å². The van der Waals surface area contributed by atoms with Crippen molar-refractivity contribution in [3.05, 3.63) is 58.6 Å². The first kappa shape index (κ1) is 22.4. The summed E-state index contributed by atoms with van der Waals surface area (Å²) < 4.78 is 72.5. The summed E-state index contributed by atoms with van der Waals surface area (Å²) in [4.78, 5) is 1.61. The van der Waals surface area contributed by atoms with Gasteiger partial charge in [-0.15, -0.1) is 0 Å². The zero-order chi connectivity index (χ0) is 22.2. The number of likely N-dealkylation sites (tertiary alicyclic amines) is 1. The van der Waals surface area contributed by atoms with E-state index in [9.17, 15) is 21.6 Å². The molecule has 2 fully saturated rings. The number of sulfonamides is 1. The lowest BCUT2D eigenvalue weighted by atomic mass is 10.2. The summed E-state index contributed by atoms with van der Waals surface area (Å²) in [6.45, 7) is 1.79. The number of rotatable bonds is 7. The molecule has 2 aromatic carbocycles. The van der Waals surface area contributed by atoms with Gasteiger partial charge in [0.2, 0.25) is 10.0 Å². The van der Waals surface area contributed by atoms with Crippen LogP contribution < -0.4 is 9.46 Å². The molecular weight excluding hydrogens is 453 g/mol. The number of nitrogens with zero attached hydrogens (tertiary/aromatic N) is 1. The van der Waals surface area contributed by atoms with E-state index < -0.39 is 32.7 Å². The van der Waals surface area contributed by atoms with E-state index in [-0.39, 0.29) is 5.02 Å². The molecular formula is C21H22ClF3N2O3S. The van der Waals surface area contributed by atoms with Crippen molar-refractivity contribution in [3.63, 3.8) is 0 Å². The summed E-state index contributed by atoms with van der Waals surface area (Å²) in [7, 11) is -4.13. The molecule has 5 nitrogen and oxygen atoms in total. The number of alkyl halides is 3. The maximum Gasteiger partial charge on any atom is 0.416 e. The number of halogens is 4. The van der Waals surface area contributed by atoms with Crippen LogP contribution in [0.25, 0.3) is 0 Å². The van der Waals surface area contributed by atoms with E-state index in [0.717, 1.165) is 30.2 Å². The highest BCUT2D eigenvalue weighted by molar-refractivity contribution is 7.89. The van der Waals surface area contributed by atoms with Crippen LogP contribution in [-0.4, -0.2) is 38.6 Å². The number of ether oxygens (including phenoxy) is 1. The van der Waals surface area contributed by atoms with Crippen molar-refractivity contribution in [2.75, 3.05) is 13.1 Å². The summed E-state index contributed by atoms with van der Waals surface area (Å²) in [5.74, 6) is 0.845. The van der Waals surface area contributed by atoms with Gasteiger partial charge in [0, 0.05) is 30.7 Å². The molecule has 1 saturated carbocycles. The van der Waals surface area contributed by atoms with Crippen LogP contribution in [0, 0.1) is 0 Å². The molecule has 0 spiro atoms. The minimum absolute atomic E-state index is 0.280. The Balaban J connectivity index is 1.36. The van der Waals surface area contributed by atoms with Gasteiger partial charge in [0.15, 0.2) is 0 Å². The van der Waals surface area contributed by atoms with E-state index in [1.165, 1.54) is 0 Å². The van der Waals surface area contributed by atoms with Crippen LogP contribution in [0.1, 0.15) is 30.4 Å². The SMILES string of the molecule is O=S(=O)(N[C@@H]1CCN(Cc2ccc(OC3CC3)cc2)C1)c1cc(Cl)cc(C(F)(F)F)c1. The fraction of sp³-hybridized carbons (Fsp3) is 0.429. The molecule has 1 aliphatic heterocycles. The average Bonchev–Trinajstić information content (AvgIpc) is 3.40. The molecule has 0 bridgehead atoms. The van der Waals surface area contributed by atoms with Gasteiger partial charge < -0.3 is 4.74 Å². The van der Waals surface area contributed by atoms with Gasteiger partial charge in [-0.3, -0.25) is 4.90 Å².